The van der Waals surface area contributed by atoms with E-state index in [2.05, 4.69) is 15.8 Å². The third kappa shape index (κ3) is 6.04. The first-order chi connectivity index (χ1) is 13.3. The van der Waals surface area contributed by atoms with Gasteiger partial charge in [-0.1, -0.05) is 17.7 Å². The summed E-state index contributed by atoms with van der Waals surface area (Å²) < 4.78 is 36.4. The fourth-order valence-corrected chi connectivity index (χ4v) is 4.16. The van der Waals surface area contributed by atoms with Crippen LogP contribution in [0.5, 0.6) is 11.5 Å². The van der Waals surface area contributed by atoms with E-state index in [1.54, 1.807) is 30.5 Å². The molecule has 28 heavy (non-hydrogen) atoms. The third-order valence-corrected chi connectivity index (χ3v) is 5.74. The number of halogens is 1. The van der Waals surface area contributed by atoms with Gasteiger partial charge in [0.2, 0.25) is 0 Å². The van der Waals surface area contributed by atoms with Crippen LogP contribution in [0, 0.1) is 10.5 Å². The summed E-state index contributed by atoms with van der Waals surface area (Å²) in [5, 5.41) is 7.36. The Hall–Kier alpha value is -1.92. The minimum absolute atomic E-state index is 0.0720. The van der Waals surface area contributed by atoms with E-state index in [0.717, 1.165) is 5.56 Å². The van der Waals surface area contributed by atoms with E-state index in [0.29, 0.717) is 20.8 Å². The largest absolute Gasteiger partial charge is 0.493 e. The van der Waals surface area contributed by atoms with Gasteiger partial charge in [-0.05, 0) is 78.5 Å². The molecule has 0 radical (unpaired) electrons. The van der Waals surface area contributed by atoms with Crippen molar-refractivity contribution in [1.29, 1.82) is 0 Å². The Morgan fingerprint density at radius 3 is 2.57 bits per heavy atom. The highest BCUT2D eigenvalue weighted by molar-refractivity contribution is 14.1. The average Bonchev–Trinajstić information content (AvgIpc) is 2.64. The van der Waals surface area contributed by atoms with Gasteiger partial charge in [0.05, 0.1) is 16.9 Å². The number of methoxy groups -OCH3 is 1. The van der Waals surface area contributed by atoms with Gasteiger partial charge in [-0.25, -0.2) is 0 Å². The van der Waals surface area contributed by atoms with Crippen LogP contribution < -0.4 is 19.7 Å². The summed E-state index contributed by atoms with van der Waals surface area (Å²) in [7, 11) is -2.55. The van der Waals surface area contributed by atoms with Crippen LogP contribution in [0.2, 0.25) is 0 Å². The summed E-state index contributed by atoms with van der Waals surface area (Å²) in [5.41, 5.74) is 4.33. The van der Waals surface area contributed by atoms with Crippen molar-refractivity contribution in [2.45, 2.75) is 18.7 Å². The lowest BCUT2D eigenvalue weighted by atomic mass is 10.2. The third-order valence-electron chi connectivity index (χ3n) is 3.47. The van der Waals surface area contributed by atoms with Gasteiger partial charge in [-0.15, -0.1) is 0 Å². The van der Waals surface area contributed by atoms with Crippen LogP contribution in [0.3, 0.4) is 0 Å². The number of rotatable bonds is 7. The lowest BCUT2D eigenvalue weighted by molar-refractivity contribution is 0.389. The summed E-state index contributed by atoms with van der Waals surface area (Å²) in [6.07, 6.45) is 1.55. The molecule has 2 aromatic carbocycles. The molecule has 0 saturated carbocycles. The molecule has 10 heteroatoms. The first-order valence-electron chi connectivity index (χ1n) is 8.22. The first-order valence-corrected chi connectivity index (χ1v) is 11.1. The fraction of sp³-hybridized carbons (Fsp3) is 0.222. The second kappa shape index (κ2) is 10.0. The maximum absolute atomic E-state index is 12.6. The molecule has 0 atom stereocenters. The van der Waals surface area contributed by atoms with Gasteiger partial charge in [0.15, 0.2) is 16.6 Å². The molecule has 0 aliphatic heterocycles. The average molecular weight is 533 g/mol. The van der Waals surface area contributed by atoms with E-state index in [1.165, 1.54) is 19.2 Å². The number of thiocarbonyl (C=S) groups is 1. The molecular formula is C18H20IN3O4S2. The Balaban J connectivity index is 2.27. The first kappa shape index (κ1) is 22.4. The van der Waals surface area contributed by atoms with Gasteiger partial charge in [0.1, 0.15) is 4.90 Å². The standard InChI is InChI=1S/C18H20IN3O4S2/c1-4-20-18(27)22-21-11-13-9-15(19)17(16(10-13)25-3)26-28(23,24)14-7-5-12(2)6-8-14/h5-11H,4H2,1-3H3,(H2,20,22,27)/b21-11-. The Morgan fingerprint density at radius 1 is 1.29 bits per heavy atom. The Labute approximate surface area is 183 Å². The number of hydrogen-bond acceptors (Lipinski definition) is 6. The highest BCUT2D eigenvalue weighted by Crippen LogP contribution is 2.35. The van der Waals surface area contributed by atoms with Gasteiger partial charge in [0.25, 0.3) is 0 Å². The van der Waals surface area contributed by atoms with Crippen LogP contribution in [-0.2, 0) is 10.1 Å². The number of hydrogen-bond donors (Lipinski definition) is 2. The molecule has 0 aromatic heterocycles. The summed E-state index contributed by atoms with van der Waals surface area (Å²) in [6, 6.07) is 9.79. The zero-order chi connectivity index (χ0) is 20.7. The quantitative estimate of drug-likeness (QED) is 0.186. The highest BCUT2D eigenvalue weighted by atomic mass is 127. The van der Waals surface area contributed by atoms with Crippen molar-refractivity contribution in [2.75, 3.05) is 13.7 Å². The molecule has 0 spiro atoms. The monoisotopic (exact) mass is 533 g/mol. The van der Waals surface area contributed by atoms with E-state index in [-0.39, 0.29) is 16.4 Å². The molecule has 0 aliphatic rings. The predicted octanol–water partition coefficient (Wildman–Crippen LogP) is 3.19. The highest BCUT2D eigenvalue weighted by Gasteiger charge is 2.21. The minimum Gasteiger partial charge on any atom is -0.493 e. The summed E-state index contributed by atoms with van der Waals surface area (Å²) >= 11 is 7.02. The van der Waals surface area contributed by atoms with E-state index >= 15 is 0 Å². The van der Waals surface area contributed by atoms with Gasteiger partial charge in [-0.3, -0.25) is 5.43 Å². The van der Waals surface area contributed by atoms with Gasteiger partial charge < -0.3 is 14.2 Å². The van der Waals surface area contributed by atoms with Crippen LogP contribution in [0.25, 0.3) is 0 Å². The Kier molecular flexibility index (Phi) is 8.01. The summed E-state index contributed by atoms with van der Waals surface area (Å²) in [4.78, 5) is 0.0720. The normalized spacial score (nSPS) is 11.3. The van der Waals surface area contributed by atoms with Gasteiger partial charge in [0, 0.05) is 6.54 Å². The van der Waals surface area contributed by atoms with E-state index in [4.69, 9.17) is 21.1 Å². The van der Waals surface area contributed by atoms with Crippen molar-refractivity contribution in [3.8, 4) is 11.5 Å². The van der Waals surface area contributed by atoms with Gasteiger partial charge in [-0.2, -0.15) is 13.5 Å². The number of ether oxygens (including phenoxy) is 1. The van der Waals surface area contributed by atoms with Crippen molar-refractivity contribution >= 4 is 56.3 Å². The smallest absolute Gasteiger partial charge is 0.339 e. The van der Waals surface area contributed by atoms with Gasteiger partial charge >= 0.3 is 10.1 Å². The molecule has 0 saturated heterocycles. The number of benzene rings is 2. The van der Waals surface area contributed by atoms with E-state index < -0.39 is 10.1 Å². The SMILES string of the molecule is CCNC(=S)N/N=C\c1cc(I)c(OS(=O)(=O)c2ccc(C)cc2)c(OC)c1. The molecule has 0 bridgehead atoms. The fourth-order valence-electron chi connectivity index (χ4n) is 2.12. The van der Waals surface area contributed by atoms with Crippen LogP contribution >= 0.6 is 34.8 Å². The lowest BCUT2D eigenvalue weighted by Gasteiger charge is -2.13. The number of hydrazone groups is 1. The van der Waals surface area contributed by atoms with Crippen molar-refractivity contribution in [2.24, 2.45) is 5.10 Å². The summed E-state index contributed by atoms with van der Waals surface area (Å²) in [6.45, 7) is 4.49. The molecule has 2 N–H and O–H groups in total. The van der Waals surface area contributed by atoms with Crippen LogP contribution in [0.15, 0.2) is 46.4 Å². The molecule has 0 aliphatic carbocycles. The molecule has 0 unspecified atom stereocenters. The topological polar surface area (TPSA) is 89.0 Å². The number of nitrogens with one attached hydrogen (secondary N) is 2. The second-order valence-corrected chi connectivity index (χ2v) is 8.73. The predicted molar refractivity (Wildman–Crippen MR) is 122 cm³/mol. The van der Waals surface area contributed by atoms with Crippen molar-refractivity contribution in [1.82, 2.24) is 10.7 Å². The van der Waals surface area contributed by atoms with Crippen molar-refractivity contribution in [3.63, 3.8) is 0 Å². The van der Waals surface area contributed by atoms with Crippen LogP contribution in [-0.4, -0.2) is 33.4 Å². The van der Waals surface area contributed by atoms with Crippen molar-refractivity contribution < 1.29 is 17.3 Å². The zero-order valence-corrected chi connectivity index (χ0v) is 19.3. The van der Waals surface area contributed by atoms with Crippen LogP contribution in [0.1, 0.15) is 18.1 Å². The molecule has 2 rings (SSSR count). The van der Waals surface area contributed by atoms with E-state index in [9.17, 15) is 8.42 Å². The second-order valence-electron chi connectivity index (χ2n) is 5.61. The summed E-state index contributed by atoms with van der Waals surface area (Å²) in [5.74, 6) is 0.398. The zero-order valence-electron chi connectivity index (χ0n) is 15.5. The van der Waals surface area contributed by atoms with Crippen molar-refractivity contribution in [3.05, 3.63) is 51.1 Å². The van der Waals surface area contributed by atoms with Crippen LogP contribution in [0.4, 0.5) is 0 Å². The molecule has 0 heterocycles. The molecular weight excluding hydrogens is 513 g/mol. The van der Waals surface area contributed by atoms with E-state index in [1.807, 2.05) is 36.4 Å². The minimum atomic E-state index is -3.99. The Morgan fingerprint density at radius 2 is 1.96 bits per heavy atom. The maximum Gasteiger partial charge on any atom is 0.339 e. The number of nitrogens with zero attached hydrogens (tertiary/aromatic N) is 1. The lowest BCUT2D eigenvalue weighted by Crippen LogP contribution is -2.31. The molecule has 150 valence electrons. The molecule has 0 amide bonds. The number of aryl methyl sites for hydroxylation is 1. The molecule has 7 nitrogen and oxygen atoms in total. The Bertz CT molecular complexity index is 977. The molecule has 2 aromatic rings. The molecule has 0 fully saturated rings. The maximum atomic E-state index is 12.6.